The molecule has 0 unspecified atom stereocenters. The number of allylic oxidation sites excluding steroid dienone is 1. The summed E-state index contributed by atoms with van der Waals surface area (Å²) in [5.41, 5.74) is 7.48. The van der Waals surface area contributed by atoms with Gasteiger partial charge in [-0.3, -0.25) is 4.79 Å². The highest BCUT2D eigenvalue weighted by Crippen LogP contribution is 2.14. The van der Waals surface area contributed by atoms with Crippen LogP contribution in [-0.2, 0) is 4.79 Å². The van der Waals surface area contributed by atoms with E-state index in [-0.39, 0.29) is 12.1 Å². The van der Waals surface area contributed by atoms with Crippen LogP contribution in [0.15, 0.2) is 30.3 Å². The van der Waals surface area contributed by atoms with E-state index in [1.54, 1.807) is 11.0 Å². The molecule has 2 amide bonds. The van der Waals surface area contributed by atoms with Crippen molar-refractivity contribution in [2.24, 2.45) is 5.73 Å². The topological polar surface area (TPSA) is 75.4 Å². The van der Waals surface area contributed by atoms with Crippen molar-refractivity contribution in [1.82, 2.24) is 4.90 Å². The van der Waals surface area contributed by atoms with E-state index in [0.29, 0.717) is 13.1 Å². The number of anilines is 1. The lowest BCUT2D eigenvalue weighted by Crippen LogP contribution is -2.44. The minimum Gasteiger partial charge on any atom is -0.328 e. The highest BCUT2D eigenvalue weighted by molar-refractivity contribution is 5.89. The van der Waals surface area contributed by atoms with Crippen molar-refractivity contribution >= 4 is 24.1 Å². The number of nitrogens with zero attached hydrogens (tertiary/aromatic N) is 1. The molecule has 0 atom stereocenters. The SMILES string of the molecule is NC1CCN(C(=O)Nc2ccc(/C=C/C=O)cc2)CC1. The standard InChI is InChI=1S/C15H19N3O2/c16-13-7-9-18(10-8-13)15(20)17-14-5-3-12(4-6-14)2-1-11-19/h1-6,11,13H,7-10,16H2,(H,17,20)/b2-1+. The van der Waals surface area contributed by atoms with Crippen LogP contribution in [0.25, 0.3) is 6.08 Å². The van der Waals surface area contributed by atoms with Gasteiger partial charge in [-0.2, -0.15) is 0 Å². The van der Waals surface area contributed by atoms with Crippen molar-refractivity contribution in [2.75, 3.05) is 18.4 Å². The summed E-state index contributed by atoms with van der Waals surface area (Å²) in [6.45, 7) is 1.40. The predicted octanol–water partition coefficient (Wildman–Crippen LogP) is 1.85. The van der Waals surface area contributed by atoms with Gasteiger partial charge in [0.15, 0.2) is 0 Å². The molecule has 106 valence electrons. The Hall–Kier alpha value is -2.14. The molecule has 0 aliphatic carbocycles. The first-order valence-electron chi connectivity index (χ1n) is 6.72. The third-order valence-corrected chi connectivity index (χ3v) is 3.36. The van der Waals surface area contributed by atoms with Gasteiger partial charge in [0.1, 0.15) is 6.29 Å². The summed E-state index contributed by atoms with van der Waals surface area (Å²) in [5.74, 6) is 0. The molecule has 1 aromatic rings. The second-order valence-corrected chi connectivity index (χ2v) is 4.87. The number of nitrogens with one attached hydrogen (secondary N) is 1. The summed E-state index contributed by atoms with van der Waals surface area (Å²) in [7, 11) is 0. The summed E-state index contributed by atoms with van der Waals surface area (Å²) in [6.07, 6.45) is 5.58. The molecule has 2 rings (SSSR count). The second-order valence-electron chi connectivity index (χ2n) is 4.87. The smallest absolute Gasteiger partial charge is 0.321 e. The maximum atomic E-state index is 12.0. The van der Waals surface area contributed by atoms with Crippen molar-refractivity contribution in [3.63, 3.8) is 0 Å². The summed E-state index contributed by atoms with van der Waals surface area (Å²) in [5, 5.41) is 2.86. The first kappa shape index (κ1) is 14.3. The molecular weight excluding hydrogens is 254 g/mol. The Morgan fingerprint density at radius 3 is 2.50 bits per heavy atom. The van der Waals surface area contributed by atoms with Gasteiger partial charge >= 0.3 is 6.03 Å². The summed E-state index contributed by atoms with van der Waals surface area (Å²) in [4.78, 5) is 24.1. The zero-order chi connectivity index (χ0) is 14.4. The van der Waals surface area contributed by atoms with Crippen LogP contribution in [0.2, 0.25) is 0 Å². The number of carbonyl (C=O) groups is 2. The Morgan fingerprint density at radius 2 is 1.90 bits per heavy atom. The number of hydrogen-bond acceptors (Lipinski definition) is 3. The average Bonchev–Trinajstić information content (AvgIpc) is 2.47. The number of aldehydes is 1. The number of carbonyl (C=O) groups excluding carboxylic acids is 2. The van der Waals surface area contributed by atoms with Crippen LogP contribution in [0.1, 0.15) is 18.4 Å². The number of hydrogen-bond donors (Lipinski definition) is 2. The third-order valence-electron chi connectivity index (χ3n) is 3.36. The molecule has 3 N–H and O–H groups in total. The van der Waals surface area contributed by atoms with Gasteiger partial charge < -0.3 is 16.0 Å². The summed E-state index contributed by atoms with van der Waals surface area (Å²) < 4.78 is 0. The van der Waals surface area contributed by atoms with Crippen LogP contribution >= 0.6 is 0 Å². The van der Waals surface area contributed by atoms with E-state index in [0.717, 1.165) is 30.4 Å². The van der Waals surface area contributed by atoms with Gasteiger partial charge in [0, 0.05) is 24.8 Å². The molecule has 1 aliphatic heterocycles. The Balaban J connectivity index is 1.91. The normalized spacial score (nSPS) is 16.4. The van der Waals surface area contributed by atoms with Crippen molar-refractivity contribution < 1.29 is 9.59 Å². The lowest BCUT2D eigenvalue weighted by Gasteiger charge is -2.30. The fraction of sp³-hybridized carbons (Fsp3) is 0.333. The molecule has 1 saturated heterocycles. The molecule has 1 aliphatic rings. The number of rotatable bonds is 3. The fourth-order valence-electron chi connectivity index (χ4n) is 2.13. The van der Waals surface area contributed by atoms with Crippen molar-refractivity contribution in [3.8, 4) is 0 Å². The minimum absolute atomic E-state index is 0.0897. The maximum Gasteiger partial charge on any atom is 0.321 e. The highest BCUT2D eigenvalue weighted by Gasteiger charge is 2.20. The van der Waals surface area contributed by atoms with Crippen LogP contribution in [0.4, 0.5) is 10.5 Å². The van der Waals surface area contributed by atoms with Gasteiger partial charge in [0.25, 0.3) is 0 Å². The zero-order valence-electron chi connectivity index (χ0n) is 11.3. The molecule has 0 spiro atoms. The number of nitrogens with two attached hydrogens (primary N) is 1. The maximum absolute atomic E-state index is 12.0. The van der Waals surface area contributed by atoms with E-state index >= 15 is 0 Å². The highest BCUT2D eigenvalue weighted by atomic mass is 16.2. The third kappa shape index (κ3) is 3.93. The van der Waals surface area contributed by atoms with Gasteiger partial charge in [-0.05, 0) is 36.6 Å². The molecule has 0 aromatic heterocycles. The predicted molar refractivity (Wildman–Crippen MR) is 79.3 cm³/mol. The number of amides is 2. The molecule has 5 nitrogen and oxygen atoms in total. The van der Waals surface area contributed by atoms with Crippen molar-refractivity contribution in [1.29, 1.82) is 0 Å². The quantitative estimate of drug-likeness (QED) is 0.652. The zero-order valence-corrected chi connectivity index (χ0v) is 11.3. The fourth-order valence-corrected chi connectivity index (χ4v) is 2.13. The summed E-state index contributed by atoms with van der Waals surface area (Å²) >= 11 is 0. The van der Waals surface area contributed by atoms with E-state index in [1.807, 2.05) is 24.3 Å². The van der Waals surface area contributed by atoms with Crippen molar-refractivity contribution in [3.05, 3.63) is 35.9 Å². The van der Waals surface area contributed by atoms with Gasteiger partial charge in [-0.25, -0.2) is 4.79 Å². The lowest BCUT2D eigenvalue weighted by atomic mass is 10.1. The lowest BCUT2D eigenvalue weighted by molar-refractivity contribution is -0.104. The molecule has 20 heavy (non-hydrogen) atoms. The molecule has 1 aromatic carbocycles. The Morgan fingerprint density at radius 1 is 1.25 bits per heavy atom. The van der Waals surface area contributed by atoms with Gasteiger partial charge in [0.05, 0.1) is 0 Å². The van der Waals surface area contributed by atoms with E-state index in [2.05, 4.69) is 5.32 Å². The van der Waals surface area contributed by atoms with Gasteiger partial charge in [-0.15, -0.1) is 0 Å². The Labute approximate surface area is 118 Å². The number of urea groups is 1. The minimum atomic E-state index is -0.0897. The van der Waals surface area contributed by atoms with E-state index in [9.17, 15) is 9.59 Å². The summed E-state index contributed by atoms with van der Waals surface area (Å²) in [6, 6.07) is 7.45. The first-order valence-corrected chi connectivity index (χ1v) is 6.72. The monoisotopic (exact) mass is 273 g/mol. The largest absolute Gasteiger partial charge is 0.328 e. The number of likely N-dealkylation sites (tertiary alicyclic amines) is 1. The van der Waals surface area contributed by atoms with Crippen LogP contribution in [0, 0.1) is 0 Å². The molecule has 0 radical (unpaired) electrons. The molecular formula is C15H19N3O2. The molecule has 1 heterocycles. The van der Waals surface area contributed by atoms with Crippen molar-refractivity contribution in [2.45, 2.75) is 18.9 Å². The van der Waals surface area contributed by atoms with Crippen LogP contribution in [0.5, 0.6) is 0 Å². The van der Waals surface area contributed by atoms with E-state index in [1.165, 1.54) is 6.08 Å². The van der Waals surface area contributed by atoms with Gasteiger partial charge in [0.2, 0.25) is 0 Å². The van der Waals surface area contributed by atoms with E-state index < -0.39 is 0 Å². The van der Waals surface area contributed by atoms with E-state index in [4.69, 9.17) is 5.73 Å². The number of benzene rings is 1. The van der Waals surface area contributed by atoms with Crippen LogP contribution in [0.3, 0.4) is 0 Å². The molecule has 1 fully saturated rings. The molecule has 0 bridgehead atoms. The first-order chi connectivity index (χ1) is 9.69. The Kier molecular flexibility index (Phi) is 4.90. The molecule has 5 heteroatoms. The molecule has 0 saturated carbocycles. The number of piperidine rings is 1. The average molecular weight is 273 g/mol. The second kappa shape index (κ2) is 6.86. The van der Waals surface area contributed by atoms with Crippen LogP contribution in [-0.4, -0.2) is 36.3 Å². The Bertz CT molecular complexity index is 488. The van der Waals surface area contributed by atoms with Crippen LogP contribution < -0.4 is 11.1 Å². The van der Waals surface area contributed by atoms with Gasteiger partial charge in [-0.1, -0.05) is 18.2 Å².